The normalized spacial score (nSPS) is 11.8. The van der Waals surface area contributed by atoms with E-state index in [1.54, 1.807) is 0 Å². The summed E-state index contributed by atoms with van der Waals surface area (Å²) < 4.78 is 2.13. The Morgan fingerprint density at radius 2 is 1.31 bits per heavy atom. The van der Waals surface area contributed by atoms with E-state index in [4.69, 9.17) is 5.10 Å². The molecule has 0 saturated heterocycles. The van der Waals surface area contributed by atoms with Crippen LogP contribution in [0.5, 0.6) is 0 Å². The first kappa shape index (κ1) is 17.9. The average molecular weight is 379 g/mol. The van der Waals surface area contributed by atoms with Crippen LogP contribution in [-0.4, -0.2) is 9.61 Å². The van der Waals surface area contributed by atoms with Gasteiger partial charge in [-0.15, -0.1) is 0 Å². The molecular weight excluding hydrogens is 352 g/mol. The van der Waals surface area contributed by atoms with E-state index in [2.05, 4.69) is 94.6 Å². The number of benzene rings is 3. The molecule has 0 N–H and O–H groups in total. The van der Waals surface area contributed by atoms with Crippen molar-refractivity contribution in [2.45, 2.75) is 41.5 Å². The van der Waals surface area contributed by atoms with Gasteiger partial charge in [0.25, 0.3) is 0 Å². The molecule has 0 saturated carbocycles. The predicted octanol–water partition coefficient (Wildman–Crippen LogP) is 7.16. The van der Waals surface area contributed by atoms with Crippen molar-refractivity contribution in [2.75, 3.05) is 0 Å². The zero-order chi connectivity index (χ0) is 20.4. The van der Waals surface area contributed by atoms with E-state index < -0.39 is 0 Å². The minimum atomic E-state index is 1.05. The number of nitrogens with zero attached hydrogens (tertiary/aromatic N) is 2. The highest BCUT2D eigenvalue weighted by molar-refractivity contribution is 6.18. The van der Waals surface area contributed by atoms with Gasteiger partial charge in [-0.1, -0.05) is 35.9 Å². The summed E-state index contributed by atoms with van der Waals surface area (Å²) in [5, 5.41) is 8.73. The molecule has 0 unspecified atom stereocenters. The van der Waals surface area contributed by atoms with Gasteiger partial charge in [0.05, 0.1) is 16.7 Å². The van der Waals surface area contributed by atoms with E-state index in [0.29, 0.717) is 0 Å². The van der Waals surface area contributed by atoms with Crippen LogP contribution in [0, 0.1) is 41.5 Å². The van der Waals surface area contributed by atoms with Crippen molar-refractivity contribution in [2.24, 2.45) is 0 Å². The quantitative estimate of drug-likeness (QED) is 0.283. The first-order chi connectivity index (χ1) is 13.8. The first-order valence-electron chi connectivity index (χ1n) is 10.3. The molecule has 2 heteroatoms. The van der Waals surface area contributed by atoms with Crippen molar-refractivity contribution in [3.8, 4) is 11.1 Å². The van der Waals surface area contributed by atoms with Gasteiger partial charge in [0.15, 0.2) is 0 Å². The fraction of sp³-hybridized carbons (Fsp3) is 0.222. The summed E-state index contributed by atoms with van der Waals surface area (Å²) in [7, 11) is 0. The van der Waals surface area contributed by atoms with Gasteiger partial charge in [-0.3, -0.25) is 0 Å². The third kappa shape index (κ3) is 2.59. The number of pyridine rings is 1. The molecule has 3 aromatic carbocycles. The van der Waals surface area contributed by atoms with Crippen molar-refractivity contribution < 1.29 is 0 Å². The Balaban J connectivity index is 2.07. The lowest BCUT2D eigenvalue weighted by molar-refractivity contribution is 0.974. The van der Waals surface area contributed by atoms with Crippen LogP contribution in [0.15, 0.2) is 48.5 Å². The SMILES string of the molecule is Cc1cc(C)c(-c2cccc3c2c2cc(C)c(C)cc2c2cc(C)nn23)c(C)c1. The second-order valence-corrected chi connectivity index (χ2v) is 8.54. The number of aromatic nitrogens is 2. The maximum atomic E-state index is 4.85. The summed E-state index contributed by atoms with van der Waals surface area (Å²) in [6.07, 6.45) is 0. The lowest BCUT2D eigenvalue weighted by Gasteiger charge is -2.17. The molecule has 0 atom stereocenters. The molecule has 0 fully saturated rings. The molecule has 2 nitrogen and oxygen atoms in total. The lowest BCUT2D eigenvalue weighted by Crippen LogP contribution is -1.97. The van der Waals surface area contributed by atoms with Crippen LogP contribution < -0.4 is 0 Å². The summed E-state index contributed by atoms with van der Waals surface area (Å²) in [4.78, 5) is 0. The molecule has 5 aromatic rings. The summed E-state index contributed by atoms with van der Waals surface area (Å²) in [5.41, 5.74) is 12.6. The number of hydrogen-bond acceptors (Lipinski definition) is 1. The number of fused-ring (bicyclic) bond motifs is 6. The third-order valence-corrected chi connectivity index (χ3v) is 6.23. The Bertz CT molecular complexity index is 1430. The van der Waals surface area contributed by atoms with Crippen LogP contribution >= 0.6 is 0 Å². The van der Waals surface area contributed by atoms with Crippen molar-refractivity contribution in [3.63, 3.8) is 0 Å². The van der Waals surface area contributed by atoms with Gasteiger partial charge in [0.2, 0.25) is 0 Å². The van der Waals surface area contributed by atoms with E-state index >= 15 is 0 Å². The smallest absolute Gasteiger partial charge is 0.0750 e. The topological polar surface area (TPSA) is 17.3 Å². The van der Waals surface area contributed by atoms with Crippen molar-refractivity contribution >= 4 is 27.2 Å². The third-order valence-electron chi connectivity index (χ3n) is 6.23. The molecule has 0 radical (unpaired) electrons. The van der Waals surface area contributed by atoms with Gasteiger partial charge in [-0.25, -0.2) is 4.52 Å². The number of hydrogen-bond donors (Lipinski definition) is 0. The highest BCUT2D eigenvalue weighted by Crippen LogP contribution is 2.40. The Labute approximate surface area is 171 Å². The predicted molar refractivity (Wildman–Crippen MR) is 124 cm³/mol. The molecule has 5 rings (SSSR count). The fourth-order valence-corrected chi connectivity index (χ4v) is 4.92. The van der Waals surface area contributed by atoms with Crippen LogP contribution in [0.1, 0.15) is 33.5 Å². The molecule has 29 heavy (non-hydrogen) atoms. The standard InChI is InChI=1S/C27H26N2/c1-15-10-18(4)26(19(5)11-15)21-8-7-9-24-27(21)23-13-17(3)16(2)12-22(23)25-14-20(6)28-29(24)25/h7-14H,1-6H3. The lowest BCUT2D eigenvalue weighted by atomic mass is 9.89. The second kappa shape index (κ2) is 6.18. The molecule has 0 aliphatic rings. The largest absolute Gasteiger partial charge is 0.232 e. The maximum Gasteiger partial charge on any atom is 0.0750 e. The molecule has 0 spiro atoms. The second-order valence-electron chi connectivity index (χ2n) is 8.54. The zero-order valence-corrected chi connectivity index (χ0v) is 18.0. The van der Waals surface area contributed by atoms with Gasteiger partial charge >= 0.3 is 0 Å². The van der Waals surface area contributed by atoms with Gasteiger partial charge < -0.3 is 0 Å². The molecule has 144 valence electrons. The van der Waals surface area contributed by atoms with Gasteiger partial charge in [0, 0.05) is 10.8 Å². The van der Waals surface area contributed by atoms with E-state index in [1.165, 1.54) is 66.1 Å². The molecular formula is C27H26N2. The Kier molecular flexibility index (Phi) is 3.82. The van der Waals surface area contributed by atoms with Crippen LogP contribution in [0.2, 0.25) is 0 Å². The highest BCUT2D eigenvalue weighted by Gasteiger charge is 2.17. The molecule has 0 bridgehead atoms. The maximum absolute atomic E-state index is 4.85. The molecule has 0 aliphatic carbocycles. The summed E-state index contributed by atoms with van der Waals surface area (Å²) in [6.45, 7) is 13.1. The van der Waals surface area contributed by atoms with E-state index in [9.17, 15) is 0 Å². The van der Waals surface area contributed by atoms with Crippen LogP contribution in [0.3, 0.4) is 0 Å². The van der Waals surface area contributed by atoms with E-state index in [0.717, 1.165) is 5.69 Å². The van der Waals surface area contributed by atoms with E-state index in [-0.39, 0.29) is 0 Å². The van der Waals surface area contributed by atoms with Crippen LogP contribution in [-0.2, 0) is 0 Å². The van der Waals surface area contributed by atoms with Crippen LogP contribution in [0.25, 0.3) is 38.3 Å². The Morgan fingerprint density at radius 1 is 0.655 bits per heavy atom. The van der Waals surface area contributed by atoms with E-state index in [1.807, 2.05) is 0 Å². The van der Waals surface area contributed by atoms with Crippen molar-refractivity contribution in [3.05, 3.63) is 82.0 Å². The Morgan fingerprint density at radius 3 is 2.00 bits per heavy atom. The molecule has 2 heterocycles. The highest BCUT2D eigenvalue weighted by atomic mass is 15.2. The molecule has 0 amide bonds. The number of aryl methyl sites for hydroxylation is 6. The minimum Gasteiger partial charge on any atom is -0.232 e. The van der Waals surface area contributed by atoms with Gasteiger partial charge in [-0.05, 0) is 98.5 Å². The van der Waals surface area contributed by atoms with Crippen LogP contribution in [0.4, 0.5) is 0 Å². The number of rotatable bonds is 1. The zero-order valence-electron chi connectivity index (χ0n) is 18.0. The first-order valence-corrected chi connectivity index (χ1v) is 10.3. The van der Waals surface area contributed by atoms with Crippen molar-refractivity contribution in [1.29, 1.82) is 0 Å². The Hall–Kier alpha value is -3.13. The fourth-order valence-electron chi connectivity index (χ4n) is 4.92. The van der Waals surface area contributed by atoms with Gasteiger partial charge in [0.1, 0.15) is 0 Å². The molecule has 2 aromatic heterocycles. The van der Waals surface area contributed by atoms with Gasteiger partial charge in [-0.2, -0.15) is 5.10 Å². The molecule has 0 aliphatic heterocycles. The minimum absolute atomic E-state index is 1.05. The summed E-state index contributed by atoms with van der Waals surface area (Å²) in [5.74, 6) is 0. The monoisotopic (exact) mass is 378 g/mol. The summed E-state index contributed by atoms with van der Waals surface area (Å²) in [6, 6.07) is 18.1. The summed E-state index contributed by atoms with van der Waals surface area (Å²) >= 11 is 0. The van der Waals surface area contributed by atoms with Crippen molar-refractivity contribution in [1.82, 2.24) is 9.61 Å². The average Bonchev–Trinajstić information content (AvgIpc) is 3.04.